The fraction of sp³-hybridized carbons (Fsp3) is 0.600. The van der Waals surface area contributed by atoms with Crippen molar-refractivity contribution in [3.63, 3.8) is 0 Å². The van der Waals surface area contributed by atoms with E-state index >= 15 is 0 Å². The first-order valence-electron chi connectivity index (χ1n) is 5.41. The lowest BCUT2D eigenvalue weighted by Crippen LogP contribution is -2.24. The Morgan fingerprint density at radius 2 is 2.25 bits per heavy atom. The van der Waals surface area contributed by atoms with Crippen LogP contribution in [-0.4, -0.2) is 15.0 Å². The lowest BCUT2D eigenvalue weighted by molar-refractivity contribution is 0.574. The summed E-state index contributed by atoms with van der Waals surface area (Å²) in [6, 6.07) is 1.49. The molecule has 0 aromatic carbocycles. The topological polar surface area (TPSA) is 72.2 Å². The molecule has 16 heavy (non-hydrogen) atoms. The number of hydrogen-bond donors (Lipinski definition) is 2. The zero-order valence-electron chi connectivity index (χ0n) is 8.98. The first kappa shape index (κ1) is 11.9. The van der Waals surface area contributed by atoms with Crippen molar-refractivity contribution in [1.29, 1.82) is 0 Å². The lowest BCUT2D eigenvalue weighted by atomic mass is 10.2. The Kier molecular flexibility index (Phi) is 3.51. The Bertz CT molecular complexity index is 449. The van der Waals surface area contributed by atoms with E-state index in [0.29, 0.717) is 16.4 Å². The van der Waals surface area contributed by atoms with Gasteiger partial charge in [0, 0.05) is 17.6 Å². The molecule has 1 aromatic heterocycles. The van der Waals surface area contributed by atoms with Gasteiger partial charge in [-0.3, -0.25) is 0 Å². The highest BCUT2D eigenvalue weighted by Gasteiger charge is 2.21. The zero-order chi connectivity index (χ0) is 11.6. The molecule has 0 bridgehead atoms. The van der Waals surface area contributed by atoms with E-state index in [0.717, 1.165) is 30.1 Å². The molecule has 1 aliphatic carbocycles. The Morgan fingerprint density at radius 1 is 1.50 bits per heavy atom. The van der Waals surface area contributed by atoms with Crippen LogP contribution in [0.3, 0.4) is 0 Å². The Morgan fingerprint density at radius 3 is 2.81 bits per heavy atom. The SMILES string of the molecule is Nc1csc(S(=O)(=O)NCCCC2CC2)c1. The van der Waals surface area contributed by atoms with Crippen LogP contribution in [-0.2, 0) is 10.0 Å². The number of sulfonamides is 1. The largest absolute Gasteiger partial charge is 0.398 e. The number of nitrogens with two attached hydrogens (primary N) is 1. The van der Waals surface area contributed by atoms with Crippen LogP contribution in [0.15, 0.2) is 15.7 Å². The summed E-state index contributed by atoms with van der Waals surface area (Å²) >= 11 is 1.16. The second-order valence-corrected chi connectivity index (χ2v) is 7.09. The number of anilines is 1. The van der Waals surface area contributed by atoms with Crippen molar-refractivity contribution in [3.8, 4) is 0 Å². The van der Waals surface area contributed by atoms with Gasteiger partial charge in [0.15, 0.2) is 0 Å². The molecule has 0 atom stereocenters. The highest BCUT2D eigenvalue weighted by molar-refractivity contribution is 7.91. The average Bonchev–Trinajstić information content (AvgIpc) is 2.94. The van der Waals surface area contributed by atoms with Crippen LogP contribution >= 0.6 is 11.3 Å². The van der Waals surface area contributed by atoms with Crippen molar-refractivity contribution in [2.45, 2.75) is 29.9 Å². The van der Waals surface area contributed by atoms with Gasteiger partial charge >= 0.3 is 0 Å². The molecule has 0 spiro atoms. The van der Waals surface area contributed by atoms with Crippen molar-refractivity contribution in [1.82, 2.24) is 4.72 Å². The lowest BCUT2D eigenvalue weighted by Gasteiger charge is -2.03. The maximum Gasteiger partial charge on any atom is 0.250 e. The molecule has 1 fully saturated rings. The van der Waals surface area contributed by atoms with Crippen molar-refractivity contribution < 1.29 is 8.42 Å². The minimum atomic E-state index is -3.33. The highest BCUT2D eigenvalue weighted by Crippen LogP contribution is 2.33. The number of thiophene rings is 1. The molecule has 1 aliphatic rings. The fourth-order valence-corrected chi connectivity index (χ4v) is 3.74. The molecule has 1 aromatic rings. The van der Waals surface area contributed by atoms with Crippen molar-refractivity contribution >= 4 is 27.0 Å². The molecule has 1 heterocycles. The molecule has 0 aliphatic heterocycles. The summed E-state index contributed by atoms with van der Waals surface area (Å²) in [5.74, 6) is 0.849. The second kappa shape index (κ2) is 4.73. The summed E-state index contributed by atoms with van der Waals surface area (Å²) < 4.78 is 26.4. The van der Waals surface area contributed by atoms with Crippen molar-refractivity contribution in [3.05, 3.63) is 11.4 Å². The average molecular weight is 260 g/mol. The monoisotopic (exact) mass is 260 g/mol. The van der Waals surface area contributed by atoms with Gasteiger partial charge in [0.25, 0.3) is 0 Å². The van der Waals surface area contributed by atoms with Gasteiger partial charge < -0.3 is 5.73 Å². The van der Waals surface area contributed by atoms with Gasteiger partial charge in [0.1, 0.15) is 4.21 Å². The van der Waals surface area contributed by atoms with Crippen LogP contribution in [0.5, 0.6) is 0 Å². The van der Waals surface area contributed by atoms with Gasteiger partial charge in [-0.1, -0.05) is 12.8 Å². The molecule has 6 heteroatoms. The molecule has 0 amide bonds. The first-order valence-corrected chi connectivity index (χ1v) is 7.78. The van der Waals surface area contributed by atoms with Gasteiger partial charge in [-0.15, -0.1) is 11.3 Å². The minimum absolute atomic E-state index is 0.302. The van der Waals surface area contributed by atoms with Crippen molar-refractivity contribution in [2.24, 2.45) is 5.92 Å². The molecule has 0 radical (unpaired) electrons. The normalized spacial score (nSPS) is 16.5. The fourth-order valence-electron chi connectivity index (χ4n) is 1.55. The predicted molar refractivity (Wildman–Crippen MR) is 65.9 cm³/mol. The van der Waals surface area contributed by atoms with Gasteiger partial charge in [-0.2, -0.15) is 0 Å². The van der Waals surface area contributed by atoms with Crippen LogP contribution in [0.4, 0.5) is 5.69 Å². The Balaban J connectivity index is 1.82. The first-order chi connectivity index (χ1) is 7.58. The van der Waals surface area contributed by atoms with Crippen molar-refractivity contribution in [2.75, 3.05) is 12.3 Å². The van der Waals surface area contributed by atoms with Gasteiger partial charge in [0.2, 0.25) is 10.0 Å². The smallest absolute Gasteiger partial charge is 0.250 e. The number of rotatable bonds is 6. The van der Waals surface area contributed by atoms with Crippen LogP contribution in [0.25, 0.3) is 0 Å². The van der Waals surface area contributed by atoms with E-state index in [4.69, 9.17) is 5.73 Å². The summed E-state index contributed by atoms with van der Waals surface area (Å²) in [5.41, 5.74) is 6.00. The number of nitrogen functional groups attached to an aromatic ring is 1. The molecular formula is C10H16N2O2S2. The quantitative estimate of drug-likeness (QED) is 0.766. The summed E-state index contributed by atoms with van der Waals surface area (Å²) in [4.78, 5) is 0. The molecule has 1 saturated carbocycles. The van der Waals surface area contributed by atoms with E-state index in [-0.39, 0.29) is 0 Å². The van der Waals surface area contributed by atoms with Crippen LogP contribution < -0.4 is 10.5 Å². The molecule has 90 valence electrons. The molecular weight excluding hydrogens is 244 g/mol. The van der Waals surface area contributed by atoms with E-state index in [1.165, 1.54) is 18.9 Å². The predicted octanol–water partition coefficient (Wildman–Crippen LogP) is 1.80. The van der Waals surface area contributed by atoms with Crippen LogP contribution in [0, 0.1) is 5.92 Å². The van der Waals surface area contributed by atoms with Crippen LogP contribution in [0.1, 0.15) is 25.7 Å². The molecule has 0 saturated heterocycles. The Labute approximate surface area is 99.9 Å². The summed E-state index contributed by atoms with van der Waals surface area (Å²) in [7, 11) is -3.33. The van der Waals surface area contributed by atoms with E-state index in [2.05, 4.69) is 4.72 Å². The molecule has 4 nitrogen and oxygen atoms in total. The summed E-state index contributed by atoms with van der Waals surface area (Å²) in [6.07, 6.45) is 4.68. The standard InChI is InChI=1S/C10H16N2O2S2/c11-9-6-10(15-7-9)16(13,14)12-5-1-2-8-3-4-8/h6-8,12H,1-5,11H2. The summed E-state index contributed by atoms with van der Waals surface area (Å²) in [5, 5.41) is 1.64. The maximum absolute atomic E-state index is 11.7. The number of hydrogen-bond acceptors (Lipinski definition) is 4. The van der Waals surface area contributed by atoms with Gasteiger partial charge in [-0.05, 0) is 24.8 Å². The molecule has 3 N–H and O–H groups in total. The third kappa shape index (κ3) is 3.20. The second-order valence-electron chi connectivity index (χ2n) is 4.18. The maximum atomic E-state index is 11.7. The summed E-state index contributed by atoms with van der Waals surface area (Å²) in [6.45, 7) is 0.524. The van der Waals surface area contributed by atoms with E-state index in [9.17, 15) is 8.42 Å². The number of nitrogens with one attached hydrogen (secondary N) is 1. The van der Waals surface area contributed by atoms with Gasteiger partial charge in [0.05, 0.1) is 0 Å². The van der Waals surface area contributed by atoms with Gasteiger partial charge in [-0.25, -0.2) is 13.1 Å². The molecule has 0 unspecified atom stereocenters. The Hall–Kier alpha value is -0.590. The molecule has 2 rings (SSSR count). The van der Waals surface area contributed by atoms with E-state index < -0.39 is 10.0 Å². The highest BCUT2D eigenvalue weighted by atomic mass is 32.2. The van der Waals surface area contributed by atoms with E-state index in [1.54, 1.807) is 5.38 Å². The minimum Gasteiger partial charge on any atom is -0.398 e. The van der Waals surface area contributed by atoms with E-state index in [1.807, 2.05) is 0 Å². The third-order valence-corrected chi connectivity index (χ3v) is 5.56. The zero-order valence-corrected chi connectivity index (χ0v) is 10.6. The van der Waals surface area contributed by atoms with Crippen LogP contribution in [0.2, 0.25) is 0 Å². The third-order valence-electron chi connectivity index (χ3n) is 2.64.